The Morgan fingerprint density at radius 2 is 1.70 bits per heavy atom. The SMILES string of the molecule is CC1=C[C@@H]2[C@@H]([C@@H](C=C3C=CC(=O)C=C3)[C@H]1\C=C/C=C/C=C\[C@@H](O)[C@H](C)[C@H](O)C/C=C(C)/C=C/C(=O)O)C(C)(C)C[C@@]2(C)O. The van der Waals surface area contributed by atoms with E-state index in [9.17, 15) is 24.9 Å². The molecule has 0 aromatic carbocycles. The van der Waals surface area contributed by atoms with Crippen LogP contribution in [0.5, 0.6) is 0 Å². The first-order valence-electron chi connectivity index (χ1n) is 15.1. The highest BCUT2D eigenvalue weighted by Crippen LogP contribution is 2.60. The van der Waals surface area contributed by atoms with Gasteiger partial charge in [0.25, 0.3) is 0 Å². The predicted molar refractivity (Wildman–Crippen MR) is 172 cm³/mol. The van der Waals surface area contributed by atoms with Crippen molar-refractivity contribution >= 4 is 11.8 Å². The van der Waals surface area contributed by atoms with Crippen molar-refractivity contribution in [1.29, 1.82) is 0 Å². The van der Waals surface area contributed by atoms with Crippen molar-refractivity contribution in [2.75, 3.05) is 0 Å². The van der Waals surface area contributed by atoms with Crippen LogP contribution in [0.4, 0.5) is 0 Å². The standard InChI is InChI=1S/C37H48O6/c1-24(14-20-34(41)42)13-19-33(40)26(3)32(39)12-10-8-7-9-11-29-25(2)21-31-35(36(4,5)23-37(31,6)43)30(29)22-27-15-17-28(38)18-16-27/h7-18,20-22,26,29-33,35,39-40,43H,19,23H2,1-6H3,(H,41,42)/b8-7+,11-9-,12-10-,20-14+,24-13+/t26-,29-,30-,31+,32+,33+,35+,37+/m0/s1. The molecule has 0 amide bonds. The summed E-state index contributed by atoms with van der Waals surface area (Å²) in [6, 6.07) is 0. The van der Waals surface area contributed by atoms with Gasteiger partial charge in [0.15, 0.2) is 5.78 Å². The molecule has 0 saturated heterocycles. The van der Waals surface area contributed by atoms with Crippen molar-refractivity contribution in [3.05, 3.63) is 108 Å². The Balaban J connectivity index is 1.71. The van der Waals surface area contributed by atoms with Crippen molar-refractivity contribution in [2.45, 2.75) is 72.2 Å². The molecule has 43 heavy (non-hydrogen) atoms. The second-order valence-electron chi connectivity index (χ2n) is 13.3. The van der Waals surface area contributed by atoms with Gasteiger partial charge in [-0.25, -0.2) is 4.79 Å². The number of ketones is 1. The van der Waals surface area contributed by atoms with Crippen molar-refractivity contribution in [2.24, 2.45) is 35.0 Å². The van der Waals surface area contributed by atoms with E-state index < -0.39 is 29.7 Å². The van der Waals surface area contributed by atoms with Gasteiger partial charge in [0.1, 0.15) is 0 Å². The van der Waals surface area contributed by atoms with Crippen LogP contribution in [-0.2, 0) is 9.59 Å². The van der Waals surface area contributed by atoms with Crippen LogP contribution >= 0.6 is 0 Å². The van der Waals surface area contributed by atoms with Crippen molar-refractivity contribution in [3.8, 4) is 0 Å². The second kappa shape index (κ2) is 14.4. The highest BCUT2D eigenvalue weighted by atomic mass is 16.4. The molecule has 0 radical (unpaired) electrons. The molecule has 0 spiro atoms. The fraction of sp³-hybridized carbons (Fsp3) is 0.459. The van der Waals surface area contributed by atoms with E-state index in [1.54, 1.807) is 44.2 Å². The molecule has 3 rings (SSSR count). The average molecular weight is 589 g/mol. The molecule has 0 heterocycles. The van der Waals surface area contributed by atoms with Crippen LogP contribution in [-0.4, -0.2) is 50.0 Å². The molecule has 3 aliphatic rings. The minimum absolute atomic E-state index is 0.0140. The summed E-state index contributed by atoms with van der Waals surface area (Å²) in [6.07, 6.45) is 26.5. The molecule has 0 bridgehead atoms. The van der Waals surface area contributed by atoms with Gasteiger partial charge in [-0.1, -0.05) is 105 Å². The van der Waals surface area contributed by atoms with Crippen LogP contribution in [0, 0.1) is 35.0 Å². The molecule has 4 N–H and O–H groups in total. The Hall–Kier alpha value is -3.32. The fourth-order valence-electron chi connectivity index (χ4n) is 6.97. The maximum Gasteiger partial charge on any atom is 0.328 e. The van der Waals surface area contributed by atoms with Crippen molar-refractivity contribution in [3.63, 3.8) is 0 Å². The van der Waals surface area contributed by atoms with Gasteiger partial charge in [-0.3, -0.25) is 4.79 Å². The number of carboxylic acid groups (broad SMARTS) is 1. The zero-order valence-corrected chi connectivity index (χ0v) is 26.2. The van der Waals surface area contributed by atoms with E-state index in [4.69, 9.17) is 5.11 Å². The lowest BCUT2D eigenvalue weighted by atomic mass is 9.61. The monoisotopic (exact) mass is 588 g/mol. The lowest BCUT2D eigenvalue weighted by Gasteiger charge is -2.43. The summed E-state index contributed by atoms with van der Waals surface area (Å²) in [5, 5.41) is 41.0. The van der Waals surface area contributed by atoms with E-state index in [0.29, 0.717) is 6.42 Å². The van der Waals surface area contributed by atoms with Gasteiger partial charge in [0, 0.05) is 23.8 Å². The summed E-state index contributed by atoms with van der Waals surface area (Å²) < 4.78 is 0. The predicted octanol–water partition coefficient (Wildman–Crippen LogP) is 6.22. The minimum Gasteiger partial charge on any atom is -0.478 e. The zero-order valence-electron chi connectivity index (χ0n) is 26.2. The Morgan fingerprint density at radius 1 is 1.05 bits per heavy atom. The van der Waals surface area contributed by atoms with Crippen LogP contribution in [0.1, 0.15) is 54.4 Å². The largest absolute Gasteiger partial charge is 0.478 e. The van der Waals surface area contributed by atoms with E-state index in [-0.39, 0.29) is 34.9 Å². The molecule has 1 fully saturated rings. The number of carbonyl (C=O) groups excluding carboxylic acids is 1. The number of aliphatic carboxylic acids is 1. The Kier molecular flexibility index (Phi) is 11.5. The number of allylic oxidation sites excluding steroid dienone is 14. The van der Waals surface area contributed by atoms with E-state index in [1.807, 2.05) is 37.3 Å². The molecule has 0 unspecified atom stereocenters. The van der Waals surface area contributed by atoms with E-state index >= 15 is 0 Å². The van der Waals surface area contributed by atoms with Gasteiger partial charge in [0.2, 0.25) is 0 Å². The first kappa shape index (κ1) is 34.2. The third kappa shape index (κ3) is 9.09. The van der Waals surface area contributed by atoms with Gasteiger partial charge in [-0.15, -0.1) is 0 Å². The normalized spacial score (nSPS) is 31.3. The Morgan fingerprint density at radius 3 is 2.35 bits per heavy atom. The van der Waals surface area contributed by atoms with E-state index in [2.05, 4.69) is 39.0 Å². The molecule has 0 aliphatic heterocycles. The number of hydrogen-bond acceptors (Lipinski definition) is 5. The van der Waals surface area contributed by atoms with Crippen LogP contribution in [0.3, 0.4) is 0 Å². The Labute approximate surface area is 256 Å². The number of aliphatic hydroxyl groups is 3. The number of aliphatic hydroxyl groups excluding tert-OH is 2. The number of hydrogen-bond donors (Lipinski definition) is 4. The van der Waals surface area contributed by atoms with E-state index in [1.165, 1.54) is 11.6 Å². The van der Waals surface area contributed by atoms with Crippen LogP contribution in [0.2, 0.25) is 0 Å². The minimum atomic E-state index is -1.03. The van der Waals surface area contributed by atoms with Crippen LogP contribution in [0.15, 0.2) is 108 Å². The van der Waals surface area contributed by atoms with Crippen LogP contribution in [0.25, 0.3) is 0 Å². The average Bonchev–Trinajstić information content (AvgIpc) is 3.12. The number of rotatable bonds is 11. The smallest absolute Gasteiger partial charge is 0.328 e. The Bertz CT molecular complexity index is 1290. The molecule has 6 nitrogen and oxygen atoms in total. The second-order valence-corrected chi connectivity index (χ2v) is 13.3. The molecular formula is C37H48O6. The number of fused-ring (bicyclic) bond motifs is 1. The summed E-state index contributed by atoms with van der Waals surface area (Å²) in [5.41, 5.74) is 2.09. The third-order valence-electron chi connectivity index (χ3n) is 9.16. The summed E-state index contributed by atoms with van der Waals surface area (Å²) in [7, 11) is 0. The van der Waals surface area contributed by atoms with Gasteiger partial charge >= 0.3 is 5.97 Å². The lowest BCUT2D eigenvalue weighted by molar-refractivity contribution is -0.131. The fourth-order valence-corrected chi connectivity index (χ4v) is 6.97. The quantitative estimate of drug-likeness (QED) is 0.129. The number of carboxylic acids is 1. The first-order valence-corrected chi connectivity index (χ1v) is 15.1. The van der Waals surface area contributed by atoms with Crippen molar-refractivity contribution in [1.82, 2.24) is 0 Å². The highest BCUT2D eigenvalue weighted by Gasteiger charge is 2.57. The molecule has 8 atom stereocenters. The molecule has 232 valence electrons. The maximum atomic E-state index is 11.7. The summed E-state index contributed by atoms with van der Waals surface area (Å²) in [6.45, 7) is 12.1. The lowest BCUT2D eigenvalue weighted by Crippen LogP contribution is -2.39. The zero-order chi connectivity index (χ0) is 31.9. The van der Waals surface area contributed by atoms with Crippen LogP contribution < -0.4 is 0 Å². The van der Waals surface area contributed by atoms with Gasteiger partial charge < -0.3 is 20.4 Å². The third-order valence-corrected chi connectivity index (χ3v) is 9.16. The van der Waals surface area contributed by atoms with Gasteiger partial charge in [0.05, 0.1) is 17.8 Å². The summed E-state index contributed by atoms with van der Waals surface area (Å²) >= 11 is 0. The number of carbonyl (C=O) groups is 2. The maximum absolute atomic E-state index is 11.7. The van der Waals surface area contributed by atoms with Gasteiger partial charge in [-0.05, 0) is 68.6 Å². The first-order chi connectivity index (χ1) is 20.1. The topological polar surface area (TPSA) is 115 Å². The molecule has 0 aromatic rings. The molecular weight excluding hydrogens is 540 g/mol. The molecule has 6 heteroatoms. The summed E-state index contributed by atoms with van der Waals surface area (Å²) in [4.78, 5) is 22.3. The van der Waals surface area contributed by atoms with Crippen molar-refractivity contribution < 1.29 is 30.0 Å². The molecule has 1 saturated carbocycles. The highest BCUT2D eigenvalue weighted by molar-refractivity contribution is 6.01. The van der Waals surface area contributed by atoms with Gasteiger partial charge in [-0.2, -0.15) is 0 Å². The summed E-state index contributed by atoms with van der Waals surface area (Å²) in [5.74, 6) is -0.914. The van der Waals surface area contributed by atoms with E-state index in [0.717, 1.165) is 23.6 Å². The molecule has 0 aromatic heterocycles. The molecule has 3 aliphatic carbocycles.